The van der Waals surface area contributed by atoms with Crippen LogP contribution in [0, 0.1) is 0 Å². The predicted octanol–water partition coefficient (Wildman–Crippen LogP) is 1.72. The molecule has 1 rings (SSSR count). The zero-order chi connectivity index (χ0) is 11.9. The summed E-state index contributed by atoms with van der Waals surface area (Å²) in [7, 11) is 0. The van der Waals surface area contributed by atoms with Crippen molar-refractivity contribution in [2.24, 2.45) is 0 Å². The first-order valence-electron chi connectivity index (χ1n) is 5.53. The topological polar surface area (TPSA) is 30.5 Å². The Morgan fingerprint density at radius 3 is 2.50 bits per heavy atom. The molecule has 0 radical (unpaired) electrons. The summed E-state index contributed by atoms with van der Waals surface area (Å²) >= 11 is 0. The summed E-state index contributed by atoms with van der Waals surface area (Å²) in [6.45, 7) is 2.19. The molecular formula is C10H18F3NO2. The quantitative estimate of drug-likeness (QED) is 0.718. The normalized spacial score (nSPS) is 18.9. The van der Waals surface area contributed by atoms with E-state index >= 15 is 0 Å². The number of hydrogen-bond acceptors (Lipinski definition) is 3. The van der Waals surface area contributed by atoms with Crippen LogP contribution in [0.2, 0.25) is 0 Å². The molecule has 1 saturated heterocycles. The molecule has 0 bridgehead atoms. The van der Waals surface area contributed by atoms with E-state index in [4.69, 9.17) is 9.47 Å². The fourth-order valence-electron chi connectivity index (χ4n) is 1.53. The van der Waals surface area contributed by atoms with E-state index in [9.17, 15) is 13.2 Å². The highest BCUT2D eigenvalue weighted by Crippen LogP contribution is 2.18. The molecule has 6 heteroatoms. The minimum Gasteiger partial charge on any atom is -0.381 e. The highest BCUT2D eigenvalue weighted by Gasteiger charge is 2.26. The molecule has 1 fully saturated rings. The van der Waals surface area contributed by atoms with Crippen molar-refractivity contribution in [3.63, 3.8) is 0 Å². The van der Waals surface area contributed by atoms with E-state index in [1.807, 2.05) is 0 Å². The summed E-state index contributed by atoms with van der Waals surface area (Å²) in [5.41, 5.74) is 0. The Bertz CT molecular complexity index is 181. The van der Waals surface area contributed by atoms with E-state index in [1.165, 1.54) is 0 Å². The van der Waals surface area contributed by atoms with Gasteiger partial charge in [0.25, 0.3) is 0 Å². The molecule has 3 nitrogen and oxygen atoms in total. The van der Waals surface area contributed by atoms with Crippen molar-refractivity contribution in [1.82, 2.24) is 5.32 Å². The third-order valence-corrected chi connectivity index (χ3v) is 2.43. The van der Waals surface area contributed by atoms with E-state index in [1.54, 1.807) is 0 Å². The van der Waals surface area contributed by atoms with Crippen molar-refractivity contribution in [3.8, 4) is 0 Å². The van der Waals surface area contributed by atoms with Crippen molar-refractivity contribution >= 4 is 0 Å². The molecule has 96 valence electrons. The Balaban J connectivity index is 1.87. The van der Waals surface area contributed by atoms with E-state index in [2.05, 4.69) is 5.32 Å². The second-order valence-electron chi connectivity index (χ2n) is 3.82. The van der Waals surface area contributed by atoms with Crippen LogP contribution in [-0.4, -0.2) is 45.2 Å². The van der Waals surface area contributed by atoms with Crippen LogP contribution in [0.1, 0.15) is 19.3 Å². The van der Waals surface area contributed by atoms with Gasteiger partial charge < -0.3 is 14.8 Å². The lowest BCUT2D eigenvalue weighted by Gasteiger charge is -2.23. The van der Waals surface area contributed by atoms with Crippen molar-refractivity contribution < 1.29 is 22.6 Å². The summed E-state index contributed by atoms with van der Waals surface area (Å²) in [6, 6.07) is 0.417. The predicted molar refractivity (Wildman–Crippen MR) is 53.3 cm³/mol. The first-order valence-corrected chi connectivity index (χ1v) is 5.53. The van der Waals surface area contributed by atoms with Gasteiger partial charge >= 0.3 is 6.18 Å². The molecule has 1 heterocycles. The van der Waals surface area contributed by atoms with Gasteiger partial charge in [0.15, 0.2) is 0 Å². The van der Waals surface area contributed by atoms with Gasteiger partial charge in [-0.05, 0) is 12.8 Å². The van der Waals surface area contributed by atoms with Crippen LogP contribution in [-0.2, 0) is 9.47 Å². The number of alkyl halides is 3. The second kappa shape index (κ2) is 7.09. The number of hydrogen-bond donors (Lipinski definition) is 1. The summed E-state index contributed by atoms with van der Waals surface area (Å²) < 4.78 is 45.3. The van der Waals surface area contributed by atoms with E-state index in [0.29, 0.717) is 19.2 Å². The molecule has 0 spiro atoms. The third-order valence-electron chi connectivity index (χ3n) is 2.43. The van der Waals surface area contributed by atoms with Gasteiger partial charge in [0, 0.05) is 25.8 Å². The Morgan fingerprint density at radius 2 is 1.88 bits per heavy atom. The average molecular weight is 241 g/mol. The molecule has 1 aliphatic rings. The molecule has 1 aliphatic heterocycles. The maximum atomic E-state index is 11.7. The minimum atomic E-state index is -4.12. The Labute approximate surface area is 93.3 Å². The highest BCUT2D eigenvalue weighted by atomic mass is 19.4. The number of rotatable bonds is 6. The monoisotopic (exact) mass is 241 g/mol. The summed E-state index contributed by atoms with van der Waals surface area (Å²) in [4.78, 5) is 0. The lowest BCUT2D eigenvalue weighted by Crippen LogP contribution is -2.36. The van der Waals surface area contributed by atoms with Gasteiger partial charge in [-0.2, -0.15) is 13.2 Å². The number of ether oxygens (including phenoxy) is 2. The minimum absolute atomic E-state index is 0.251. The Kier molecular flexibility index (Phi) is 6.08. The lowest BCUT2D eigenvalue weighted by molar-refractivity contribution is -0.145. The van der Waals surface area contributed by atoms with Gasteiger partial charge in [0.1, 0.15) is 0 Å². The molecule has 0 unspecified atom stereocenters. The maximum absolute atomic E-state index is 11.7. The first-order chi connectivity index (χ1) is 7.58. The molecular weight excluding hydrogens is 223 g/mol. The summed E-state index contributed by atoms with van der Waals surface area (Å²) in [5, 5.41) is 3.23. The third kappa shape index (κ3) is 7.03. The van der Waals surface area contributed by atoms with Gasteiger partial charge in [0.2, 0.25) is 0 Å². The van der Waals surface area contributed by atoms with Crippen molar-refractivity contribution in [1.29, 1.82) is 0 Å². The fourth-order valence-corrected chi connectivity index (χ4v) is 1.53. The molecule has 0 amide bonds. The standard InChI is InChI=1S/C10H18F3NO2/c11-10(12,13)3-7-16-8-4-14-9-1-5-15-6-2-9/h9,14H,1-8H2. The summed E-state index contributed by atoms with van der Waals surface area (Å²) in [5.74, 6) is 0. The fraction of sp³-hybridized carbons (Fsp3) is 1.00. The van der Waals surface area contributed by atoms with Crippen LogP contribution in [0.25, 0.3) is 0 Å². The van der Waals surface area contributed by atoms with Gasteiger partial charge in [-0.1, -0.05) is 0 Å². The molecule has 16 heavy (non-hydrogen) atoms. The zero-order valence-corrected chi connectivity index (χ0v) is 9.18. The second-order valence-corrected chi connectivity index (χ2v) is 3.82. The van der Waals surface area contributed by atoms with E-state index < -0.39 is 12.6 Å². The molecule has 0 aromatic carbocycles. The average Bonchev–Trinajstić information content (AvgIpc) is 2.23. The van der Waals surface area contributed by atoms with Crippen LogP contribution in [0.4, 0.5) is 13.2 Å². The Hall–Kier alpha value is -0.330. The lowest BCUT2D eigenvalue weighted by atomic mass is 10.1. The molecule has 0 aromatic rings. The zero-order valence-electron chi connectivity index (χ0n) is 9.18. The Morgan fingerprint density at radius 1 is 1.19 bits per heavy atom. The smallest absolute Gasteiger partial charge is 0.381 e. The van der Waals surface area contributed by atoms with Gasteiger partial charge in [-0.25, -0.2) is 0 Å². The highest BCUT2D eigenvalue weighted by molar-refractivity contribution is 4.69. The van der Waals surface area contributed by atoms with Crippen LogP contribution >= 0.6 is 0 Å². The van der Waals surface area contributed by atoms with Gasteiger partial charge in [-0.3, -0.25) is 0 Å². The van der Waals surface area contributed by atoms with E-state index in [0.717, 1.165) is 26.1 Å². The summed E-state index contributed by atoms with van der Waals surface area (Å²) in [6.07, 6.45) is -3.07. The van der Waals surface area contributed by atoms with Crippen molar-refractivity contribution in [3.05, 3.63) is 0 Å². The largest absolute Gasteiger partial charge is 0.391 e. The van der Waals surface area contributed by atoms with Gasteiger partial charge in [-0.15, -0.1) is 0 Å². The molecule has 1 N–H and O–H groups in total. The first kappa shape index (κ1) is 13.7. The number of nitrogens with one attached hydrogen (secondary N) is 1. The van der Waals surface area contributed by atoms with Crippen LogP contribution < -0.4 is 5.32 Å². The molecule has 0 aromatic heterocycles. The molecule has 0 saturated carbocycles. The van der Waals surface area contributed by atoms with Crippen LogP contribution in [0.15, 0.2) is 0 Å². The van der Waals surface area contributed by atoms with Gasteiger partial charge in [0.05, 0.1) is 19.6 Å². The van der Waals surface area contributed by atoms with Crippen molar-refractivity contribution in [2.75, 3.05) is 33.0 Å². The van der Waals surface area contributed by atoms with Crippen molar-refractivity contribution in [2.45, 2.75) is 31.5 Å². The molecule has 0 aliphatic carbocycles. The van der Waals surface area contributed by atoms with Crippen LogP contribution in [0.3, 0.4) is 0 Å². The van der Waals surface area contributed by atoms with E-state index in [-0.39, 0.29) is 6.61 Å². The van der Waals surface area contributed by atoms with Crippen LogP contribution in [0.5, 0.6) is 0 Å². The molecule has 0 atom stereocenters. The number of halogens is 3. The maximum Gasteiger partial charge on any atom is 0.391 e. The SMILES string of the molecule is FC(F)(F)CCOCCNC1CCOCC1.